The van der Waals surface area contributed by atoms with Crippen molar-refractivity contribution in [3.8, 4) is 0 Å². The number of halogens is 3. The van der Waals surface area contributed by atoms with Crippen LogP contribution in [-0.2, 0) is 0 Å². The molecule has 0 heterocycles. The van der Waals surface area contributed by atoms with Gasteiger partial charge in [-0.25, -0.2) is 0 Å². The largest absolute Gasteiger partial charge is 0.406 e. The third-order valence-electron chi connectivity index (χ3n) is 4.10. The zero-order chi connectivity index (χ0) is 17.8. The Hall–Kier alpha value is -1.72. The van der Waals surface area contributed by atoms with Crippen LogP contribution in [0.3, 0.4) is 0 Å². The molecule has 0 radical (unpaired) electrons. The predicted octanol–water partition coefficient (Wildman–Crippen LogP) is 4.19. The molecule has 0 fully saturated rings. The number of anilines is 1. The van der Waals surface area contributed by atoms with E-state index in [1.54, 1.807) is 45.0 Å². The van der Waals surface area contributed by atoms with E-state index in [0.29, 0.717) is 0 Å². The van der Waals surface area contributed by atoms with Crippen molar-refractivity contribution in [2.24, 2.45) is 5.92 Å². The van der Waals surface area contributed by atoms with E-state index in [1.165, 1.54) is 0 Å². The monoisotopic (exact) mass is 330 g/mol. The highest BCUT2D eigenvalue weighted by atomic mass is 19.4. The van der Waals surface area contributed by atoms with E-state index >= 15 is 0 Å². The average molecular weight is 330 g/mol. The molecule has 1 unspecified atom stereocenters. The van der Waals surface area contributed by atoms with E-state index in [-0.39, 0.29) is 11.5 Å². The molecule has 1 aromatic rings. The lowest BCUT2D eigenvalue weighted by Gasteiger charge is -2.32. The Labute approximate surface area is 136 Å². The van der Waals surface area contributed by atoms with Crippen molar-refractivity contribution in [2.75, 3.05) is 25.0 Å². The van der Waals surface area contributed by atoms with Gasteiger partial charge in [0.1, 0.15) is 6.54 Å². The fourth-order valence-corrected chi connectivity index (χ4v) is 2.16. The average Bonchev–Trinajstić information content (AvgIpc) is 2.49. The van der Waals surface area contributed by atoms with Crippen molar-refractivity contribution in [3.63, 3.8) is 0 Å². The van der Waals surface area contributed by atoms with E-state index in [0.717, 1.165) is 17.1 Å². The van der Waals surface area contributed by atoms with Crippen molar-refractivity contribution in [3.05, 3.63) is 29.8 Å². The molecule has 130 valence electrons. The molecule has 0 saturated heterocycles. The first-order valence-corrected chi connectivity index (χ1v) is 7.75. The minimum atomic E-state index is -4.42. The number of carbonyl (C=O) groups excluding carboxylic acids is 1. The highest BCUT2D eigenvalue weighted by molar-refractivity contribution is 5.94. The van der Waals surface area contributed by atoms with Crippen LogP contribution in [0.15, 0.2) is 24.3 Å². The van der Waals surface area contributed by atoms with Crippen LogP contribution in [0.2, 0.25) is 0 Å². The van der Waals surface area contributed by atoms with Crippen LogP contribution < -0.4 is 4.90 Å². The van der Waals surface area contributed by atoms with Gasteiger partial charge in [-0.3, -0.25) is 4.79 Å². The molecule has 0 aromatic heterocycles. The van der Waals surface area contributed by atoms with Crippen molar-refractivity contribution in [1.29, 1.82) is 0 Å². The molecule has 0 spiro atoms. The van der Waals surface area contributed by atoms with Gasteiger partial charge in [0.2, 0.25) is 0 Å². The molecule has 0 N–H and O–H groups in total. The summed E-state index contributed by atoms with van der Waals surface area (Å²) in [6, 6.07) is 6.17. The Bertz CT molecular complexity index is 512. The SMILES string of the molecule is CCN(C)c1ccc(C(=O)N(CC(F)(F)F)C(C)C(C)C)cc1. The summed E-state index contributed by atoms with van der Waals surface area (Å²) >= 11 is 0. The summed E-state index contributed by atoms with van der Waals surface area (Å²) in [7, 11) is 1.91. The molecule has 1 aromatic carbocycles. The Morgan fingerprint density at radius 1 is 1.13 bits per heavy atom. The number of benzene rings is 1. The molecule has 6 heteroatoms. The normalized spacial score (nSPS) is 13.1. The fraction of sp³-hybridized carbons (Fsp3) is 0.588. The molecule has 0 aliphatic rings. The molecular weight excluding hydrogens is 305 g/mol. The van der Waals surface area contributed by atoms with Crippen molar-refractivity contribution in [2.45, 2.75) is 39.9 Å². The van der Waals surface area contributed by atoms with E-state index in [9.17, 15) is 18.0 Å². The number of hydrogen-bond acceptors (Lipinski definition) is 2. The van der Waals surface area contributed by atoms with Gasteiger partial charge in [-0.15, -0.1) is 0 Å². The second kappa shape index (κ2) is 7.70. The number of nitrogens with zero attached hydrogens (tertiary/aromatic N) is 2. The molecule has 23 heavy (non-hydrogen) atoms. The van der Waals surface area contributed by atoms with Gasteiger partial charge < -0.3 is 9.80 Å². The second-order valence-electron chi connectivity index (χ2n) is 6.09. The lowest BCUT2D eigenvalue weighted by molar-refractivity contribution is -0.145. The summed E-state index contributed by atoms with van der Waals surface area (Å²) in [6.07, 6.45) is -4.42. The molecular formula is C17H25F3N2O. The van der Waals surface area contributed by atoms with Crippen LogP contribution in [0.25, 0.3) is 0 Å². The molecule has 0 aliphatic carbocycles. The fourth-order valence-electron chi connectivity index (χ4n) is 2.16. The number of carbonyl (C=O) groups is 1. The van der Waals surface area contributed by atoms with E-state index < -0.39 is 24.7 Å². The number of amides is 1. The predicted molar refractivity (Wildman–Crippen MR) is 86.8 cm³/mol. The van der Waals surface area contributed by atoms with E-state index in [2.05, 4.69) is 0 Å². The lowest BCUT2D eigenvalue weighted by atomic mass is 10.0. The van der Waals surface area contributed by atoms with Gasteiger partial charge in [-0.1, -0.05) is 13.8 Å². The van der Waals surface area contributed by atoms with Crippen molar-refractivity contribution >= 4 is 11.6 Å². The summed E-state index contributed by atoms with van der Waals surface area (Å²) in [5, 5.41) is 0. The Morgan fingerprint density at radius 3 is 2.04 bits per heavy atom. The minimum Gasteiger partial charge on any atom is -0.375 e. The first kappa shape index (κ1) is 19.3. The number of rotatable bonds is 6. The minimum absolute atomic E-state index is 0.0632. The number of alkyl halides is 3. The summed E-state index contributed by atoms with van der Waals surface area (Å²) in [5.41, 5.74) is 1.19. The van der Waals surface area contributed by atoms with Crippen LogP contribution in [-0.4, -0.2) is 43.2 Å². The zero-order valence-electron chi connectivity index (χ0n) is 14.3. The van der Waals surface area contributed by atoms with Crippen LogP contribution in [0.5, 0.6) is 0 Å². The van der Waals surface area contributed by atoms with Gasteiger partial charge in [0.05, 0.1) is 0 Å². The second-order valence-corrected chi connectivity index (χ2v) is 6.09. The summed E-state index contributed by atoms with van der Waals surface area (Å²) in [4.78, 5) is 15.4. The molecule has 1 rings (SSSR count). The highest BCUT2D eigenvalue weighted by Gasteiger charge is 2.36. The topological polar surface area (TPSA) is 23.6 Å². The van der Waals surface area contributed by atoms with Gasteiger partial charge in [0, 0.05) is 30.9 Å². The molecule has 1 amide bonds. The lowest BCUT2D eigenvalue weighted by Crippen LogP contribution is -2.46. The van der Waals surface area contributed by atoms with Crippen molar-refractivity contribution < 1.29 is 18.0 Å². The van der Waals surface area contributed by atoms with Crippen LogP contribution >= 0.6 is 0 Å². The highest BCUT2D eigenvalue weighted by Crippen LogP contribution is 2.23. The maximum absolute atomic E-state index is 12.8. The smallest absolute Gasteiger partial charge is 0.375 e. The van der Waals surface area contributed by atoms with Gasteiger partial charge in [-0.2, -0.15) is 13.2 Å². The third kappa shape index (κ3) is 5.44. The van der Waals surface area contributed by atoms with Gasteiger partial charge >= 0.3 is 6.18 Å². The van der Waals surface area contributed by atoms with Crippen LogP contribution in [0.1, 0.15) is 38.1 Å². The Balaban J connectivity index is 3.04. The van der Waals surface area contributed by atoms with E-state index in [4.69, 9.17) is 0 Å². The first-order valence-electron chi connectivity index (χ1n) is 7.75. The Kier molecular flexibility index (Phi) is 6.47. The van der Waals surface area contributed by atoms with Gasteiger partial charge in [0.15, 0.2) is 0 Å². The number of hydrogen-bond donors (Lipinski definition) is 0. The molecule has 0 saturated carbocycles. The zero-order valence-corrected chi connectivity index (χ0v) is 14.3. The summed E-state index contributed by atoms with van der Waals surface area (Å²) < 4.78 is 38.5. The van der Waals surface area contributed by atoms with Crippen molar-refractivity contribution in [1.82, 2.24) is 4.90 Å². The van der Waals surface area contributed by atoms with Gasteiger partial charge in [0.25, 0.3) is 5.91 Å². The standard InChI is InChI=1S/C17H25F3N2O/c1-6-21(5)15-9-7-14(8-10-15)16(23)22(11-17(18,19)20)13(4)12(2)3/h7-10,12-13H,6,11H2,1-5H3. The van der Waals surface area contributed by atoms with Crippen LogP contribution in [0.4, 0.5) is 18.9 Å². The Morgan fingerprint density at radius 2 is 1.65 bits per heavy atom. The van der Waals surface area contributed by atoms with Crippen LogP contribution in [0, 0.1) is 5.92 Å². The first-order chi connectivity index (χ1) is 10.6. The summed E-state index contributed by atoms with van der Waals surface area (Å²) in [6.45, 7) is 6.82. The van der Waals surface area contributed by atoms with Gasteiger partial charge in [-0.05, 0) is 44.0 Å². The maximum Gasteiger partial charge on any atom is 0.406 e. The molecule has 0 aliphatic heterocycles. The molecule has 1 atom stereocenters. The molecule has 3 nitrogen and oxygen atoms in total. The summed E-state index contributed by atoms with van der Waals surface area (Å²) in [5.74, 6) is -0.652. The molecule has 0 bridgehead atoms. The third-order valence-corrected chi connectivity index (χ3v) is 4.10. The maximum atomic E-state index is 12.8. The quantitative estimate of drug-likeness (QED) is 0.781. The van der Waals surface area contributed by atoms with E-state index in [1.807, 2.05) is 18.9 Å².